The summed E-state index contributed by atoms with van der Waals surface area (Å²) in [5.74, 6) is -0.494. The van der Waals surface area contributed by atoms with Crippen LogP contribution < -0.4 is 4.74 Å². The second kappa shape index (κ2) is 8.08. The Bertz CT molecular complexity index is 631. The van der Waals surface area contributed by atoms with Gasteiger partial charge in [-0.2, -0.15) is 0 Å². The highest BCUT2D eigenvalue weighted by Crippen LogP contribution is 2.31. The SMILES string of the molecule is COCC1(C(=O)O)CCCN(C(=O)COc2ccc(C(C)(C)C)cc2)C1. The van der Waals surface area contributed by atoms with Crippen LogP contribution in [0.25, 0.3) is 0 Å². The first-order valence-corrected chi connectivity index (χ1v) is 8.91. The molecular formula is C20H29NO5. The van der Waals surface area contributed by atoms with Crippen LogP contribution >= 0.6 is 0 Å². The Balaban J connectivity index is 1.96. The summed E-state index contributed by atoms with van der Waals surface area (Å²) in [6.45, 7) is 7.11. The summed E-state index contributed by atoms with van der Waals surface area (Å²) in [7, 11) is 1.48. The number of piperidine rings is 1. The van der Waals surface area contributed by atoms with E-state index in [2.05, 4.69) is 20.8 Å². The van der Waals surface area contributed by atoms with Crippen LogP contribution in [0, 0.1) is 5.41 Å². The summed E-state index contributed by atoms with van der Waals surface area (Å²) in [5.41, 5.74) is 0.221. The lowest BCUT2D eigenvalue weighted by molar-refractivity contribution is -0.159. The molecule has 6 heteroatoms. The minimum atomic E-state index is -1.03. The molecule has 0 saturated carbocycles. The summed E-state index contributed by atoms with van der Waals surface area (Å²) in [6, 6.07) is 7.70. The molecule has 0 aromatic heterocycles. The number of carboxylic acids is 1. The van der Waals surface area contributed by atoms with Gasteiger partial charge in [0.1, 0.15) is 11.2 Å². The quantitative estimate of drug-likeness (QED) is 0.841. The number of benzene rings is 1. The van der Waals surface area contributed by atoms with E-state index in [0.717, 1.165) is 0 Å². The van der Waals surface area contributed by atoms with Crippen LogP contribution in [0.5, 0.6) is 5.75 Å². The molecule has 26 heavy (non-hydrogen) atoms. The molecule has 1 aromatic carbocycles. The molecule has 2 rings (SSSR count). The maximum atomic E-state index is 12.5. The molecule has 144 valence electrons. The lowest BCUT2D eigenvalue weighted by Gasteiger charge is -2.39. The number of aliphatic carboxylic acids is 1. The number of hydrogen-bond donors (Lipinski definition) is 1. The zero-order valence-electron chi connectivity index (χ0n) is 16.1. The van der Waals surface area contributed by atoms with Gasteiger partial charge in [-0.05, 0) is 36.0 Å². The van der Waals surface area contributed by atoms with Gasteiger partial charge < -0.3 is 19.5 Å². The van der Waals surface area contributed by atoms with Crippen molar-refractivity contribution in [3.63, 3.8) is 0 Å². The Hall–Kier alpha value is -2.08. The van der Waals surface area contributed by atoms with E-state index in [9.17, 15) is 14.7 Å². The van der Waals surface area contributed by atoms with Crippen LogP contribution in [-0.4, -0.2) is 55.3 Å². The van der Waals surface area contributed by atoms with Crippen molar-refractivity contribution in [1.29, 1.82) is 0 Å². The van der Waals surface area contributed by atoms with Crippen LogP contribution in [0.15, 0.2) is 24.3 Å². The van der Waals surface area contributed by atoms with Gasteiger partial charge in [-0.25, -0.2) is 0 Å². The molecule has 1 saturated heterocycles. The van der Waals surface area contributed by atoms with Crippen molar-refractivity contribution in [2.45, 2.75) is 39.0 Å². The highest BCUT2D eigenvalue weighted by atomic mass is 16.5. The third-order valence-corrected chi connectivity index (χ3v) is 4.89. The molecule has 0 spiro atoms. The van der Waals surface area contributed by atoms with Crippen molar-refractivity contribution in [1.82, 2.24) is 4.90 Å². The van der Waals surface area contributed by atoms with Crippen LogP contribution in [0.3, 0.4) is 0 Å². The zero-order valence-corrected chi connectivity index (χ0v) is 16.1. The summed E-state index contributed by atoms with van der Waals surface area (Å²) >= 11 is 0. The molecule has 1 N–H and O–H groups in total. The van der Waals surface area contributed by atoms with Gasteiger partial charge in [0.2, 0.25) is 0 Å². The van der Waals surface area contributed by atoms with Gasteiger partial charge in [-0.15, -0.1) is 0 Å². The molecule has 1 fully saturated rings. The number of carboxylic acid groups (broad SMARTS) is 1. The average Bonchev–Trinajstić information content (AvgIpc) is 2.59. The average molecular weight is 363 g/mol. The number of rotatable bonds is 6. The minimum absolute atomic E-state index is 0.0592. The highest BCUT2D eigenvalue weighted by Gasteiger charge is 2.43. The fraction of sp³-hybridized carbons (Fsp3) is 0.600. The lowest BCUT2D eigenvalue weighted by Crippen LogP contribution is -2.53. The Morgan fingerprint density at radius 1 is 1.23 bits per heavy atom. The molecule has 6 nitrogen and oxygen atoms in total. The summed E-state index contributed by atoms with van der Waals surface area (Å²) in [6.07, 6.45) is 1.15. The molecule has 1 heterocycles. The molecule has 1 aliphatic rings. The molecule has 0 aliphatic carbocycles. The number of methoxy groups -OCH3 is 1. The molecule has 1 aromatic rings. The predicted molar refractivity (Wildman–Crippen MR) is 98.4 cm³/mol. The van der Waals surface area contributed by atoms with Crippen molar-refractivity contribution in [2.24, 2.45) is 5.41 Å². The van der Waals surface area contributed by atoms with E-state index in [1.165, 1.54) is 12.7 Å². The molecule has 1 aliphatic heterocycles. The first-order chi connectivity index (χ1) is 12.2. The number of likely N-dealkylation sites (tertiary alicyclic amines) is 1. The molecule has 1 amide bonds. The maximum absolute atomic E-state index is 12.5. The molecule has 0 bridgehead atoms. The van der Waals surface area contributed by atoms with Crippen molar-refractivity contribution < 1.29 is 24.2 Å². The van der Waals surface area contributed by atoms with Crippen LogP contribution in [0.1, 0.15) is 39.2 Å². The van der Waals surface area contributed by atoms with Gasteiger partial charge in [-0.1, -0.05) is 32.9 Å². The van der Waals surface area contributed by atoms with Crippen molar-refractivity contribution in [2.75, 3.05) is 33.4 Å². The summed E-state index contributed by atoms with van der Waals surface area (Å²) in [5, 5.41) is 9.57. The Morgan fingerprint density at radius 2 is 1.88 bits per heavy atom. The fourth-order valence-electron chi connectivity index (χ4n) is 3.26. The van der Waals surface area contributed by atoms with Gasteiger partial charge in [0.05, 0.1) is 6.61 Å². The summed E-state index contributed by atoms with van der Waals surface area (Å²) in [4.78, 5) is 25.7. The Kier molecular flexibility index (Phi) is 6.29. The van der Waals surface area contributed by atoms with Crippen LogP contribution in [0.2, 0.25) is 0 Å². The molecule has 1 atom stereocenters. The molecule has 0 radical (unpaired) electrons. The Labute approximate surface area is 155 Å². The second-order valence-electron chi connectivity index (χ2n) is 8.00. The summed E-state index contributed by atoms with van der Waals surface area (Å²) < 4.78 is 10.7. The van der Waals surface area contributed by atoms with Gasteiger partial charge in [0.15, 0.2) is 6.61 Å². The van der Waals surface area contributed by atoms with E-state index in [1.807, 2.05) is 24.3 Å². The van der Waals surface area contributed by atoms with Gasteiger partial charge >= 0.3 is 5.97 Å². The van der Waals surface area contributed by atoms with E-state index >= 15 is 0 Å². The first kappa shape index (κ1) is 20.2. The standard InChI is InChI=1S/C20H29NO5/c1-19(2,3)15-6-8-16(9-7-15)26-12-17(22)21-11-5-10-20(13-21,14-25-4)18(23)24/h6-9H,5,10-14H2,1-4H3,(H,23,24). The highest BCUT2D eigenvalue weighted by molar-refractivity contribution is 5.80. The van der Waals surface area contributed by atoms with E-state index in [0.29, 0.717) is 25.1 Å². The number of amides is 1. The number of hydrogen-bond acceptors (Lipinski definition) is 4. The van der Waals surface area contributed by atoms with E-state index in [4.69, 9.17) is 9.47 Å². The third-order valence-electron chi connectivity index (χ3n) is 4.89. The second-order valence-corrected chi connectivity index (χ2v) is 8.00. The smallest absolute Gasteiger partial charge is 0.313 e. The number of ether oxygens (including phenoxy) is 2. The molecular weight excluding hydrogens is 334 g/mol. The first-order valence-electron chi connectivity index (χ1n) is 8.91. The monoisotopic (exact) mass is 363 g/mol. The largest absolute Gasteiger partial charge is 0.484 e. The van der Waals surface area contributed by atoms with Crippen molar-refractivity contribution in [3.05, 3.63) is 29.8 Å². The fourth-order valence-corrected chi connectivity index (χ4v) is 3.26. The van der Waals surface area contributed by atoms with E-state index in [-0.39, 0.29) is 31.1 Å². The Morgan fingerprint density at radius 3 is 2.42 bits per heavy atom. The third kappa shape index (κ3) is 4.75. The number of carbonyl (C=O) groups excluding carboxylic acids is 1. The van der Waals surface area contributed by atoms with Gasteiger partial charge in [0, 0.05) is 20.2 Å². The predicted octanol–water partition coefficient (Wildman–Crippen LogP) is 2.70. The molecule has 1 unspecified atom stereocenters. The number of carbonyl (C=O) groups is 2. The topological polar surface area (TPSA) is 76.1 Å². The number of nitrogens with zero attached hydrogens (tertiary/aromatic N) is 1. The van der Waals surface area contributed by atoms with E-state index < -0.39 is 11.4 Å². The van der Waals surface area contributed by atoms with Crippen LogP contribution in [0.4, 0.5) is 0 Å². The van der Waals surface area contributed by atoms with Crippen molar-refractivity contribution >= 4 is 11.9 Å². The minimum Gasteiger partial charge on any atom is -0.484 e. The van der Waals surface area contributed by atoms with Crippen molar-refractivity contribution in [3.8, 4) is 5.75 Å². The maximum Gasteiger partial charge on any atom is 0.313 e. The zero-order chi connectivity index (χ0) is 19.4. The van der Waals surface area contributed by atoms with Gasteiger partial charge in [-0.3, -0.25) is 9.59 Å². The normalized spacial score (nSPS) is 20.7. The van der Waals surface area contributed by atoms with Crippen LogP contribution in [-0.2, 0) is 19.7 Å². The van der Waals surface area contributed by atoms with Gasteiger partial charge in [0.25, 0.3) is 5.91 Å². The lowest BCUT2D eigenvalue weighted by atomic mass is 9.80. The van der Waals surface area contributed by atoms with E-state index in [1.54, 1.807) is 4.90 Å².